The van der Waals surface area contributed by atoms with Gasteiger partial charge in [-0.1, -0.05) is 12.1 Å². The molecule has 5 heteroatoms. The highest BCUT2D eigenvalue weighted by molar-refractivity contribution is 5.73. The second-order valence-electron chi connectivity index (χ2n) is 7.14. The second-order valence-corrected chi connectivity index (χ2v) is 7.14. The highest BCUT2D eigenvalue weighted by Crippen LogP contribution is 2.18. The van der Waals surface area contributed by atoms with Crippen LogP contribution in [-0.2, 0) is 16.0 Å². The Labute approximate surface area is 133 Å². The molecule has 0 aliphatic rings. The first-order valence-electron chi connectivity index (χ1n) is 7.26. The molecule has 0 heterocycles. The van der Waals surface area contributed by atoms with Gasteiger partial charge in [0, 0.05) is 0 Å². The topological polar surface area (TPSA) is 92.8 Å². The van der Waals surface area contributed by atoms with Crippen molar-refractivity contribution in [2.75, 3.05) is 0 Å². The molecule has 22 heavy (non-hydrogen) atoms. The minimum Gasteiger partial charge on any atom is -0.508 e. The zero-order chi connectivity index (χ0) is 17.6. The Hall–Kier alpha value is -1.59. The van der Waals surface area contributed by atoms with Gasteiger partial charge >= 0.3 is 5.97 Å². The highest BCUT2D eigenvalue weighted by Gasteiger charge is 2.20. The van der Waals surface area contributed by atoms with E-state index in [-0.39, 0.29) is 23.4 Å². The number of phenols is 1. The van der Waals surface area contributed by atoms with Gasteiger partial charge in [0.15, 0.2) is 0 Å². The summed E-state index contributed by atoms with van der Waals surface area (Å²) in [4.78, 5) is 10.4. The fourth-order valence-corrected chi connectivity index (χ4v) is 1.89. The molecule has 0 fully saturated rings. The zero-order valence-corrected chi connectivity index (χ0v) is 14.4. The molecule has 5 nitrogen and oxygen atoms in total. The fraction of sp³-hybridized carbons (Fsp3) is 0.588. The Morgan fingerprint density at radius 1 is 1.09 bits per heavy atom. The zero-order valence-electron chi connectivity index (χ0n) is 14.4. The summed E-state index contributed by atoms with van der Waals surface area (Å²) in [7, 11) is 0. The third kappa shape index (κ3) is 11.1. The van der Waals surface area contributed by atoms with Crippen LogP contribution in [0.25, 0.3) is 0 Å². The fourth-order valence-electron chi connectivity index (χ4n) is 1.89. The number of benzene rings is 1. The number of ether oxygens (including phenoxy) is 1. The van der Waals surface area contributed by atoms with Gasteiger partial charge < -0.3 is 20.7 Å². The number of aromatic hydroxyl groups is 1. The van der Waals surface area contributed by atoms with Crippen molar-refractivity contribution in [1.82, 2.24) is 0 Å². The summed E-state index contributed by atoms with van der Waals surface area (Å²) in [6, 6.07) is 5.42. The van der Waals surface area contributed by atoms with Gasteiger partial charge in [0.25, 0.3) is 0 Å². The van der Waals surface area contributed by atoms with E-state index in [4.69, 9.17) is 20.7 Å². The maximum atomic E-state index is 10.4. The van der Waals surface area contributed by atoms with Crippen molar-refractivity contribution in [2.24, 2.45) is 5.73 Å². The molecule has 0 amide bonds. The smallest absolute Gasteiger partial charge is 0.320 e. The van der Waals surface area contributed by atoms with Crippen LogP contribution in [0.2, 0.25) is 0 Å². The molecule has 1 atom stereocenters. The van der Waals surface area contributed by atoms with Gasteiger partial charge in [-0.05, 0) is 65.7 Å². The average Bonchev–Trinajstić information content (AvgIpc) is 2.28. The number of hydrogen-bond donors (Lipinski definition) is 3. The molecule has 0 spiro atoms. The number of carboxylic acid groups (broad SMARTS) is 1. The van der Waals surface area contributed by atoms with Crippen LogP contribution in [0.15, 0.2) is 24.3 Å². The highest BCUT2D eigenvalue weighted by atomic mass is 16.5. The van der Waals surface area contributed by atoms with E-state index < -0.39 is 12.0 Å². The first-order valence-corrected chi connectivity index (χ1v) is 7.26. The van der Waals surface area contributed by atoms with Crippen molar-refractivity contribution >= 4 is 5.97 Å². The van der Waals surface area contributed by atoms with Crippen LogP contribution in [0.3, 0.4) is 0 Å². The van der Waals surface area contributed by atoms with Gasteiger partial charge in [-0.25, -0.2) is 0 Å². The van der Waals surface area contributed by atoms with Crippen molar-refractivity contribution in [1.29, 1.82) is 0 Å². The first-order chi connectivity index (χ1) is 9.80. The SMILES string of the molecule is CC(C)(C)OC(C)(C)C.N[C@@H](Cc1ccc(O)cc1)C(=O)O. The Morgan fingerprint density at radius 2 is 1.50 bits per heavy atom. The number of rotatable bonds is 3. The Kier molecular flexibility index (Phi) is 7.56. The number of carboxylic acids is 1. The van der Waals surface area contributed by atoms with Gasteiger partial charge in [-0.15, -0.1) is 0 Å². The van der Waals surface area contributed by atoms with Gasteiger partial charge in [0.05, 0.1) is 11.2 Å². The molecule has 1 rings (SSSR count). The van der Waals surface area contributed by atoms with Crippen molar-refractivity contribution in [3.63, 3.8) is 0 Å². The Bertz CT molecular complexity index is 443. The molecule has 0 bridgehead atoms. The van der Waals surface area contributed by atoms with E-state index in [0.717, 1.165) is 5.56 Å². The lowest BCUT2D eigenvalue weighted by Crippen LogP contribution is -2.32. The van der Waals surface area contributed by atoms with Crippen LogP contribution in [-0.4, -0.2) is 33.4 Å². The predicted octanol–water partition coefficient (Wildman–Crippen LogP) is 2.95. The molecule has 0 radical (unpaired) electrons. The standard InChI is InChI=1S/C9H11NO3.C8H18O/c10-8(9(12)13)5-6-1-3-7(11)4-2-6;1-7(2,3)9-8(4,5)6/h1-4,8,11H,5,10H2,(H,12,13);1-6H3/t8-;/m0./s1. The Balaban J connectivity index is 0.000000433. The third-order valence-corrected chi connectivity index (χ3v) is 2.32. The lowest BCUT2D eigenvalue weighted by atomic mass is 10.1. The third-order valence-electron chi connectivity index (χ3n) is 2.32. The first kappa shape index (κ1) is 20.4. The summed E-state index contributed by atoms with van der Waals surface area (Å²) >= 11 is 0. The summed E-state index contributed by atoms with van der Waals surface area (Å²) in [5.41, 5.74) is 6.09. The summed E-state index contributed by atoms with van der Waals surface area (Å²) in [5.74, 6) is -0.860. The monoisotopic (exact) mass is 311 g/mol. The largest absolute Gasteiger partial charge is 0.508 e. The molecule has 0 aliphatic carbocycles. The molecule has 0 unspecified atom stereocenters. The van der Waals surface area contributed by atoms with Crippen LogP contribution in [0.5, 0.6) is 5.75 Å². The normalized spacial score (nSPS) is 13.0. The van der Waals surface area contributed by atoms with Gasteiger partial charge in [0.1, 0.15) is 11.8 Å². The van der Waals surface area contributed by atoms with Gasteiger partial charge in [0.2, 0.25) is 0 Å². The summed E-state index contributed by atoms with van der Waals surface area (Å²) in [6.45, 7) is 12.4. The number of phenolic OH excluding ortho intramolecular Hbond substituents is 1. The van der Waals surface area contributed by atoms with Crippen LogP contribution < -0.4 is 5.73 Å². The van der Waals surface area contributed by atoms with E-state index in [0.29, 0.717) is 0 Å². The van der Waals surface area contributed by atoms with Crippen LogP contribution in [0.4, 0.5) is 0 Å². The number of nitrogens with two attached hydrogens (primary N) is 1. The minimum atomic E-state index is -1.02. The molecule has 0 aliphatic heterocycles. The molecular formula is C17H29NO4. The van der Waals surface area contributed by atoms with Crippen molar-refractivity contribution < 1.29 is 19.7 Å². The molecular weight excluding hydrogens is 282 g/mol. The van der Waals surface area contributed by atoms with Crippen molar-refractivity contribution in [3.05, 3.63) is 29.8 Å². The molecule has 4 N–H and O–H groups in total. The molecule has 126 valence electrons. The number of hydrogen-bond acceptors (Lipinski definition) is 4. The second kappa shape index (κ2) is 8.15. The van der Waals surface area contributed by atoms with E-state index in [1.165, 1.54) is 12.1 Å². The van der Waals surface area contributed by atoms with Crippen LogP contribution >= 0.6 is 0 Å². The van der Waals surface area contributed by atoms with Gasteiger partial charge in [-0.2, -0.15) is 0 Å². The quantitative estimate of drug-likeness (QED) is 0.798. The molecule has 0 aromatic heterocycles. The average molecular weight is 311 g/mol. The number of aliphatic carboxylic acids is 1. The molecule has 1 aromatic rings. The maximum Gasteiger partial charge on any atom is 0.320 e. The van der Waals surface area contributed by atoms with E-state index >= 15 is 0 Å². The molecule has 1 aromatic carbocycles. The molecule has 0 saturated carbocycles. The Morgan fingerprint density at radius 3 is 1.77 bits per heavy atom. The maximum absolute atomic E-state index is 10.4. The summed E-state index contributed by atoms with van der Waals surface area (Å²) in [6.07, 6.45) is 0.273. The van der Waals surface area contributed by atoms with Crippen LogP contribution in [0.1, 0.15) is 47.1 Å². The van der Waals surface area contributed by atoms with E-state index in [2.05, 4.69) is 41.5 Å². The number of carbonyl (C=O) groups is 1. The minimum absolute atomic E-state index is 0.0156. The summed E-state index contributed by atoms with van der Waals surface area (Å²) < 4.78 is 5.62. The van der Waals surface area contributed by atoms with E-state index in [9.17, 15) is 4.79 Å². The summed E-state index contributed by atoms with van der Waals surface area (Å²) in [5, 5.41) is 17.5. The van der Waals surface area contributed by atoms with Crippen molar-refractivity contribution in [3.8, 4) is 5.75 Å². The predicted molar refractivity (Wildman–Crippen MR) is 88.0 cm³/mol. The lowest BCUT2D eigenvalue weighted by molar-refractivity contribution is -0.138. The lowest BCUT2D eigenvalue weighted by Gasteiger charge is -2.30. The van der Waals surface area contributed by atoms with Crippen molar-refractivity contribution in [2.45, 2.75) is 65.2 Å². The van der Waals surface area contributed by atoms with E-state index in [1.807, 2.05) is 0 Å². The van der Waals surface area contributed by atoms with Crippen LogP contribution in [0, 0.1) is 0 Å². The molecule has 0 saturated heterocycles. The van der Waals surface area contributed by atoms with Gasteiger partial charge in [-0.3, -0.25) is 4.79 Å². The van der Waals surface area contributed by atoms with E-state index in [1.54, 1.807) is 12.1 Å².